The van der Waals surface area contributed by atoms with Crippen LogP contribution < -0.4 is 10.0 Å². The van der Waals surface area contributed by atoms with Gasteiger partial charge in [0.15, 0.2) is 10.8 Å². The van der Waals surface area contributed by atoms with Gasteiger partial charge >= 0.3 is 0 Å². The molecule has 1 aliphatic heterocycles. The van der Waals surface area contributed by atoms with Gasteiger partial charge in [-0.1, -0.05) is 46.7 Å². The normalized spacial score (nSPS) is 17.7. The van der Waals surface area contributed by atoms with Crippen LogP contribution in [0.4, 0.5) is 17.2 Å². The maximum absolute atomic E-state index is 12.9. The summed E-state index contributed by atoms with van der Waals surface area (Å²) in [5.74, 6) is 0.417. The van der Waals surface area contributed by atoms with E-state index in [0.717, 1.165) is 11.4 Å². The van der Waals surface area contributed by atoms with E-state index in [4.69, 9.17) is 0 Å². The van der Waals surface area contributed by atoms with Crippen molar-refractivity contribution >= 4 is 41.2 Å². The monoisotopic (exact) mass is 362 g/mol. The van der Waals surface area contributed by atoms with E-state index >= 15 is 0 Å². The fourth-order valence-electron chi connectivity index (χ4n) is 2.85. The van der Waals surface area contributed by atoms with Crippen LogP contribution in [0, 0.1) is 0 Å². The van der Waals surface area contributed by atoms with E-state index in [0.29, 0.717) is 16.5 Å². The van der Waals surface area contributed by atoms with Crippen LogP contribution in [0.2, 0.25) is 0 Å². The minimum Gasteiger partial charge on any atom is -0.264 e. The molecule has 1 aliphatic rings. The van der Waals surface area contributed by atoms with Crippen LogP contribution in [0.5, 0.6) is 0 Å². The van der Waals surface area contributed by atoms with E-state index in [-0.39, 0.29) is 10.5 Å². The van der Waals surface area contributed by atoms with Gasteiger partial charge in [0.05, 0.1) is 0 Å². The van der Waals surface area contributed by atoms with Gasteiger partial charge in [-0.05, 0) is 24.5 Å². The van der Waals surface area contributed by atoms with Gasteiger partial charge in [0, 0.05) is 23.9 Å². The molecule has 2 heterocycles. The van der Waals surface area contributed by atoms with Crippen LogP contribution in [0.25, 0.3) is 0 Å². The topological polar surface area (TPSA) is 67.2 Å². The highest BCUT2D eigenvalue weighted by Gasteiger charge is 2.43. The number of hydrogen-bond donors (Lipinski definition) is 1. The Hall–Kier alpha value is -3.03. The van der Waals surface area contributed by atoms with Gasteiger partial charge < -0.3 is 0 Å². The van der Waals surface area contributed by atoms with E-state index < -0.39 is 0 Å². The Morgan fingerprint density at radius 1 is 1.04 bits per heavy atom. The maximum atomic E-state index is 12.9. The van der Waals surface area contributed by atoms with E-state index in [1.807, 2.05) is 48.7 Å². The number of quaternary nitrogens is 1. The molecule has 0 bridgehead atoms. The Morgan fingerprint density at radius 2 is 1.81 bits per heavy atom. The average molecular weight is 362 g/mol. The summed E-state index contributed by atoms with van der Waals surface area (Å²) in [7, 11) is 0. The molecule has 0 saturated carbocycles. The lowest BCUT2D eigenvalue weighted by atomic mass is 10.2. The molecule has 128 valence electrons. The van der Waals surface area contributed by atoms with E-state index in [9.17, 15) is 4.79 Å². The first-order chi connectivity index (χ1) is 12.7. The van der Waals surface area contributed by atoms with Crippen LogP contribution in [-0.4, -0.2) is 28.5 Å². The van der Waals surface area contributed by atoms with Crippen molar-refractivity contribution in [2.45, 2.75) is 5.16 Å². The first-order valence-electron chi connectivity index (χ1n) is 8.02. The molecule has 1 aromatic heterocycles. The molecule has 4 rings (SSSR count). The number of thioether (sulfide) groups is 1. The van der Waals surface area contributed by atoms with Crippen LogP contribution in [-0.2, 0) is 0 Å². The molecule has 1 atom stereocenters. The number of hydrogen-bond acceptors (Lipinski definition) is 5. The Balaban J connectivity index is 1.84. The quantitative estimate of drug-likeness (QED) is 0.435. The number of rotatable bonds is 4. The number of carbonyl (C=O) groups is 1. The highest BCUT2D eigenvalue weighted by molar-refractivity contribution is 7.98. The molecule has 0 spiro atoms. The van der Waals surface area contributed by atoms with Gasteiger partial charge in [-0.15, -0.1) is 0 Å². The smallest absolute Gasteiger partial charge is 0.264 e. The van der Waals surface area contributed by atoms with Crippen molar-refractivity contribution in [2.24, 2.45) is 4.99 Å². The van der Waals surface area contributed by atoms with E-state index in [1.54, 1.807) is 30.7 Å². The van der Waals surface area contributed by atoms with Gasteiger partial charge in [0.25, 0.3) is 11.7 Å². The third kappa shape index (κ3) is 2.77. The minimum absolute atomic E-state index is 0.0834. The van der Waals surface area contributed by atoms with E-state index in [1.165, 1.54) is 11.8 Å². The number of benzene rings is 2. The summed E-state index contributed by atoms with van der Waals surface area (Å²) in [5.41, 5.74) is 5.29. The predicted octanol–water partition coefficient (Wildman–Crippen LogP) is 3.86. The first-order valence-corrected chi connectivity index (χ1v) is 9.24. The second kappa shape index (κ2) is 6.70. The molecule has 7 heteroatoms. The highest BCUT2D eigenvalue weighted by atomic mass is 32.2. The van der Waals surface area contributed by atoms with Crippen molar-refractivity contribution in [1.29, 1.82) is 0 Å². The fraction of sp³-hybridized carbons (Fsp3) is 0.0526. The fourth-order valence-corrected chi connectivity index (χ4v) is 3.20. The number of amides is 1. The first kappa shape index (κ1) is 16.4. The van der Waals surface area contributed by atoms with Crippen molar-refractivity contribution in [1.82, 2.24) is 20.0 Å². The summed E-state index contributed by atoms with van der Waals surface area (Å²) in [6.07, 6.45) is 5.30. The maximum Gasteiger partial charge on any atom is 0.297 e. The van der Waals surface area contributed by atoms with Crippen LogP contribution >= 0.6 is 11.8 Å². The van der Waals surface area contributed by atoms with Crippen molar-refractivity contribution in [3.63, 3.8) is 0 Å². The molecule has 0 fully saturated rings. The summed E-state index contributed by atoms with van der Waals surface area (Å²) < 4.78 is -0.0834. The SMILES string of the molecule is CSc1nccc([N+]2(NC(=O)c3ccccc3)C=Nc3ccccc32)n1. The summed E-state index contributed by atoms with van der Waals surface area (Å²) >= 11 is 1.45. The molecular weight excluding hydrogens is 346 g/mol. The van der Waals surface area contributed by atoms with Crippen molar-refractivity contribution in [3.05, 3.63) is 72.4 Å². The van der Waals surface area contributed by atoms with Crippen molar-refractivity contribution < 1.29 is 4.79 Å². The lowest BCUT2D eigenvalue weighted by Crippen LogP contribution is -2.56. The Kier molecular flexibility index (Phi) is 4.24. The standard InChI is InChI=1S/C19H15N5OS/c1-26-19-20-12-11-17(22-19)24(13-21-15-9-5-6-10-16(15)24)23-18(25)14-7-3-2-4-8-14/h2-13H,1H3/p+1. The van der Waals surface area contributed by atoms with E-state index in [2.05, 4.69) is 20.4 Å². The van der Waals surface area contributed by atoms with Gasteiger partial charge in [-0.2, -0.15) is 15.4 Å². The second-order valence-electron chi connectivity index (χ2n) is 5.66. The van der Waals surface area contributed by atoms with Crippen LogP contribution in [0.15, 0.2) is 77.0 Å². The molecule has 0 saturated heterocycles. The number of nitrogens with zero attached hydrogens (tertiary/aromatic N) is 4. The van der Waals surface area contributed by atoms with Gasteiger partial charge in [0.2, 0.25) is 6.34 Å². The summed E-state index contributed by atoms with van der Waals surface area (Å²) in [4.78, 5) is 26.3. The third-order valence-corrected chi connectivity index (χ3v) is 4.67. The lowest BCUT2D eigenvalue weighted by Gasteiger charge is -2.28. The number of nitrogens with one attached hydrogen (secondary N) is 1. The second-order valence-corrected chi connectivity index (χ2v) is 6.44. The lowest BCUT2D eigenvalue weighted by molar-refractivity contribution is 0.0904. The zero-order chi connectivity index (χ0) is 18.0. The highest BCUT2D eigenvalue weighted by Crippen LogP contribution is 2.41. The third-order valence-electron chi connectivity index (χ3n) is 4.11. The average Bonchev–Trinajstić information content (AvgIpc) is 3.08. The van der Waals surface area contributed by atoms with Crippen molar-refractivity contribution in [2.75, 3.05) is 6.26 Å². The molecule has 1 N–H and O–H groups in total. The predicted molar refractivity (Wildman–Crippen MR) is 104 cm³/mol. The summed E-state index contributed by atoms with van der Waals surface area (Å²) in [6.45, 7) is 0. The molecule has 0 radical (unpaired) electrons. The molecule has 0 aliphatic carbocycles. The summed E-state index contributed by atoms with van der Waals surface area (Å²) in [5, 5.41) is 0.631. The molecule has 1 amide bonds. The summed E-state index contributed by atoms with van der Waals surface area (Å²) in [6, 6.07) is 18.6. The molecule has 3 aromatic rings. The van der Waals surface area contributed by atoms with Crippen molar-refractivity contribution in [3.8, 4) is 0 Å². The zero-order valence-electron chi connectivity index (χ0n) is 14.0. The number of aliphatic imine (C=N–C) groups is 1. The molecule has 6 nitrogen and oxygen atoms in total. The molecular formula is C19H16N5OS+. The number of para-hydroxylation sites is 2. The Morgan fingerprint density at radius 3 is 2.62 bits per heavy atom. The van der Waals surface area contributed by atoms with Gasteiger partial charge in [-0.3, -0.25) is 4.79 Å². The Bertz CT molecular complexity index is 992. The van der Waals surface area contributed by atoms with Gasteiger partial charge in [-0.25, -0.2) is 4.98 Å². The van der Waals surface area contributed by atoms with Gasteiger partial charge in [0.1, 0.15) is 5.69 Å². The molecule has 1 unspecified atom stereocenters. The van der Waals surface area contributed by atoms with Crippen LogP contribution in [0.1, 0.15) is 10.4 Å². The van der Waals surface area contributed by atoms with Crippen LogP contribution in [0.3, 0.4) is 0 Å². The minimum atomic E-state index is -0.210. The largest absolute Gasteiger partial charge is 0.297 e. The molecule has 26 heavy (non-hydrogen) atoms. The Labute approximate surface area is 155 Å². The number of carbonyl (C=O) groups excluding carboxylic acids is 1. The molecule has 2 aromatic carbocycles. The number of fused-ring (bicyclic) bond motifs is 1. The zero-order valence-corrected chi connectivity index (χ0v) is 14.9. The number of aromatic nitrogens is 2.